The maximum atomic E-state index is 10.7. The number of phenolic OH excluding ortho intramolecular Hbond substituents is 4. The quantitative estimate of drug-likeness (QED) is 0.0605. The summed E-state index contributed by atoms with van der Waals surface area (Å²) in [7, 11) is 8.02. The van der Waals surface area contributed by atoms with Crippen LogP contribution in [0.2, 0.25) is 0 Å². The lowest BCUT2D eigenvalue weighted by atomic mass is 9.99. The summed E-state index contributed by atoms with van der Waals surface area (Å²) in [5.74, 6) is 4.99. The summed E-state index contributed by atoms with van der Waals surface area (Å²) >= 11 is 0. The molecule has 4 N–H and O–H groups in total. The van der Waals surface area contributed by atoms with Crippen molar-refractivity contribution in [2.24, 2.45) is 0 Å². The van der Waals surface area contributed by atoms with Crippen molar-refractivity contribution in [2.45, 2.75) is 80.1 Å². The minimum Gasteiger partial charge on any atom is -0.508 e. The second-order valence-electron chi connectivity index (χ2n) is 24.9. The van der Waals surface area contributed by atoms with Gasteiger partial charge in [0, 0.05) is 96.9 Å². The van der Waals surface area contributed by atoms with Gasteiger partial charge < -0.3 is 39.4 Å². The second-order valence-corrected chi connectivity index (χ2v) is 24.9. The average Bonchev–Trinajstić information content (AvgIpc) is 1.76. The molecular formula is C72H84N8O8. The molecule has 0 saturated carbocycles. The van der Waals surface area contributed by atoms with Crippen molar-refractivity contribution in [3.8, 4) is 68.2 Å². The highest BCUT2D eigenvalue weighted by Crippen LogP contribution is 2.37. The number of fused-ring (bicyclic) bond motifs is 4. The molecule has 8 aromatic carbocycles. The molecular weight excluding hydrogens is 1100 g/mol. The fourth-order valence-corrected chi connectivity index (χ4v) is 12.4. The third-order valence-corrected chi connectivity index (χ3v) is 16.6. The minimum absolute atomic E-state index is 0.237. The molecule has 0 atom stereocenters. The first-order valence-electron chi connectivity index (χ1n) is 30.2. The lowest BCUT2D eigenvalue weighted by Crippen LogP contribution is -2.44. The molecule has 460 valence electrons. The number of ether oxygens (including phenoxy) is 4. The van der Waals surface area contributed by atoms with E-state index in [0.29, 0.717) is 77.9 Å². The molecule has 0 amide bonds. The van der Waals surface area contributed by atoms with Gasteiger partial charge in [-0.3, -0.25) is 39.2 Å². The van der Waals surface area contributed by atoms with E-state index < -0.39 is 0 Å². The topological polar surface area (TPSA) is 144 Å². The zero-order valence-electron chi connectivity index (χ0n) is 52.2. The highest BCUT2D eigenvalue weighted by molar-refractivity contribution is 5.69. The van der Waals surface area contributed by atoms with Gasteiger partial charge in [-0.25, -0.2) is 0 Å². The highest BCUT2D eigenvalue weighted by Gasteiger charge is 2.27. The predicted molar refractivity (Wildman–Crippen MR) is 345 cm³/mol. The molecule has 0 aliphatic carbocycles. The van der Waals surface area contributed by atoms with Crippen molar-refractivity contribution in [1.29, 1.82) is 0 Å². The Morgan fingerprint density at radius 1 is 0.318 bits per heavy atom. The summed E-state index contributed by atoms with van der Waals surface area (Å²) in [4.78, 5) is 17.8. The first-order chi connectivity index (χ1) is 42.4. The van der Waals surface area contributed by atoms with Gasteiger partial charge in [-0.15, -0.1) is 0 Å². The van der Waals surface area contributed by atoms with Crippen LogP contribution in [0.25, 0.3) is 22.3 Å². The van der Waals surface area contributed by atoms with Crippen LogP contribution in [-0.2, 0) is 52.4 Å². The average molecular weight is 1190 g/mol. The molecule has 0 radical (unpaired) electrons. The first kappa shape index (κ1) is 61.5. The summed E-state index contributed by atoms with van der Waals surface area (Å²) in [6.07, 6.45) is 0. The van der Waals surface area contributed by atoms with Gasteiger partial charge in [0.1, 0.15) is 72.9 Å². The molecule has 0 spiro atoms. The standard InChI is InChI=1S/C36H38N4O4.C36H46N4O4/c1-25-3-7-33-29(11-25)15-37(21-41-33)19-39-17-31-13-27(5-9-35(31)43-23-39)28-6-10-36-32(14-28)18-40(24-44-36)20-38-16-30-12-26(2)4-8-34(30)42-22-38;1-25-7-11-33(41)29(15-25)19-37(3)23-39(5)21-31-17-27(9-13-35(31)43)28-10-14-36(44)32(18-28)22-40(6)24-38(4)20-30-16-26(2)8-12-34(30)42/h3-14H,15-24H2,1-2H3;7-18,41-44H,19-24H2,1-6H3. The molecule has 8 aromatic rings. The van der Waals surface area contributed by atoms with E-state index in [4.69, 9.17) is 18.9 Å². The fraction of sp³-hybridized carbons (Fsp3) is 0.333. The molecule has 0 saturated heterocycles. The van der Waals surface area contributed by atoms with E-state index in [2.05, 4.69) is 126 Å². The molecule has 4 aliphatic heterocycles. The molecule has 16 heteroatoms. The van der Waals surface area contributed by atoms with Crippen molar-refractivity contribution in [3.63, 3.8) is 0 Å². The maximum absolute atomic E-state index is 10.7. The van der Waals surface area contributed by atoms with Crippen molar-refractivity contribution >= 4 is 0 Å². The van der Waals surface area contributed by atoms with E-state index in [9.17, 15) is 20.4 Å². The number of nitrogens with zero attached hydrogens (tertiary/aromatic N) is 8. The second kappa shape index (κ2) is 27.5. The number of aromatic hydroxyl groups is 4. The molecule has 0 bridgehead atoms. The predicted octanol–water partition coefficient (Wildman–Crippen LogP) is 11.7. The van der Waals surface area contributed by atoms with E-state index in [1.807, 2.05) is 90.6 Å². The Kier molecular flexibility index (Phi) is 19.2. The zero-order chi connectivity index (χ0) is 61.6. The van der Waals surface area contributed by atoms with Gasteiger partial charge >= 0.3 is 0 Å². The molecule has 0 fully saturated rings. The van der Waals surface area contributed by atoms with Crippen LogP contribution in [0.15, 0.2) is 146 Å². The number of hydrogen-bond acceptors (Lipinski definition) is 16. The highest BCUT2D eigenvalue weighted by atomic mass is 16.5. The first-order valence-corrected chi connectivity index (χ1v) is 30.2. The molecule has 88 heavy (non-hydrogen) atoms. The Balaban J connectivity index is 0.000000182. The monoisotopic (exact) mass is 1190 g/mol. The van der Waals surface area contributed by atoms with Crippen LogP contribution in [0, 0.1) is 27.7 Å². The summed E-state index contributed by atoms with van der Waals surface area (Å²) in [5.41, 5.74) is 17.3. The van der Waals surface area contributed by atoms with Crippen LogP contribution in [-0.4, -0.2) is 141 Å². The molecule has 0 unspecified atom stereocenters. The van der Waals surface area contributed by atoms with Gasteiger partial charge in [0.15, 0.2) is 0 Å². The third-order valence-electron chi connectivity index (χ3n) is 16.6. The van der Waals surface area contributed by atoms with E-state index in [-0.39, 0.29) is 11.5 Å². The van der Waals surface area contributed by atoms with Crippen molar-refractivity contribution in [3.05, 3.63) is 212 Å². The summed E-state index contributed by atoms with van der Waals surface area (Å²) in [6.45, 7) is 19.2. The molecule has 4 aliphatic rings. The van der Waals surface area contributed by atoms with Crippen LogP contribution < -0.4 is 18.9 Å². The number of hydrogen-bond donors (Lipinski definition) is 4. The van der Waals surface area contributed by atoms with Crippen LogP contribution >= 0.6 is 0 Å². The smallest absolute Gasteiger partial charge is 0.143 e. The maximum Gasteiger partial charge on any atom is 0.143 e. The van der Waals surface area contributed by atoms with Gasteiger partial charge in [-0.05, 0) is 151 Å². The lowest BCUT2D eigenvalue weighted by Gasteiger charge is -2.36. The van der Waals surface area contributed by atoms with Crippen LogP contribution in [0.5, 0.6) is 46.0 Å². The van der Waals surface area contributed by atoms with E-state index in [1.54, 1.807) is 24.3 Å². The normalized spacial score (nSPS) is 15.1. The number of benzene rings is 8. The van der Waals surface area contributed by atoms with Crippen LogP contribution in [0.4, 0.5) is 0 Å². The van der Waals surface area contributed by atoms with Crippen molar-refractivity contribution < 1.29 is 39.4 Å². The van der Waals surface area contributed by atoms with Gasteiger partial charge in [0.25, 0.3) is 0 Å². The van der Waals surface area contributed by atoms with Crippen LogP contribution in [0.1, 0.15) is 66.8 Å². The molecule has 4 heterocycles. The van der Waals surface area contributed by atoms with Crippen LogP contribution in [0.3, 0.4) is 0 Å². The van der Waals surface area contributed by atoms with Gasteiger partial charge in [-0.2, -0.15) is 0 Å². The Hall–Kier alpha value is -8.16. The van der Waals surface area contributed by atoms with Crippen molar-refractivity contribution in [1.82, 2.24) is 39.2 Å². The Labute approximate surface area is 518 Å². The van der Waals surface area contributed by atoms with E-state index in [0.717, 1.165) is 107 Å². The minimum atomic E-state index is 0.237. The van der Waals surface area contributed by atoms with Gasteiger partial charge in [0.05, 0.1) is 26.7 Å². The SMILES string of the molecule is Cc1ccc(O)c(CN(C)CN(C)Cc2cc(-c3ccc(O)c(CN(C)CN(C)Cc4cc(C)ccc4O)c3)ccc2O)c1.Cc1ccc2c(c1)CN(CN1COc3ccc(-c4ccc5c(c4)CN(CN4COc6ccc(C)cc6C4)CO5)cc3C1)CO2. The Morgan fingerprint density at radius 2 is 0.568 bits per heavy atom. The van der Waals surface area contributed by atoms with Crippen molar-refractivity contribution in [2.75, 3.05) is 81.8 Å². The lowest BCUT2D eigenvalue weighted by molar-refractivity contribution is -0.00351. The molecule has 16 nitrogen and oxygen atoms in total. The van der Waals surface area contributed by atoms with E-state index in [1.165, 1.54) is 44.5 Å². The number of aryl methyl sites for hydroxylation is 4. The van der Waals surface area contributed by atoms with Gasteiger partial charge in [-0.1, -0.05) is 95.1 Å². The number of rotatable bonds is 18. The largest absolute Gasteiger partial charge is 0.508 e. The third kappa shape index (κ3) is 15.6. The number of phenols is 4. The summed E-state index contributed by atoms with van der Waals surface area (Å²) < 4.78 is 24.4. The summed E-state index contributed by atoms with van der Waals surface area (Å²) in [6, 6.07) is 48.4. The summed E-state index contributed by atoms with van der Waals surface area (Å²) in [5, 5.41) is 41.8. The Bertz CT molecular complexity index is 3520. The van der Waals surface area contributed by atoms with E-state index >= 15 is 0 Å². The molecule has 12 rings (SSSR count). The fourth-order valence-electron chi connectivity index (χ4n) is 12.4. The van der Waals surface area contributed by atoms with Gasteiger partial charge in [0.2, 0.25) is 0 Å². The molecule has 0 aromatic heterocycles. The zero-order valence-corrected chi connectivity index (χ0v) is 52.2. The Morgan fingerprint density at radius 3 is 0.909 bits per heavy atom.